The first kappa shape index (κ1) is 25.1. The minimum atomic E-state index is -0.502. The Morgan fingerprint density at radius 1 is 0.944 bits per heavy atom. The number of thioether (sulfide) groups is 1. The van der Waals surface area contributed by atoms with E-state index in [2.05, 4.69) is 0 Å². The lowest BCUT2D eigenvalue weighted by molar-refractivity contribution is -0.123. The average molecular weight is 504 g/mol. The number of rotatable bonds is 9. The van der Waals surface area contributed by atoms with Crippen molar-refractivity contribution in [2.45, 2.75) is 13.8 Å². The van der Waals surface area contributed by atoms with Crippen molar-refractivity contribution in [1.82, 2.24) is 4.90 Å². The molecule has 0 atom stereocenters. The fraction of sp³-hybridized carbons (Fsp3) is 0.179. The molecule has 1 saturated heterocycles. The summed E-state index contributed by atoms with van der Waals surface area (Å²) in [6, 6.07) is 21.2. The van der Waals surface area contributed by atoms with E-state index in [1.165, 1.54) is 4.90 Å². The van der Waals surface area contributed by atoms with Gasteiger partial charge in [-0.05, 0) is 79.2 Å². The molecule has 0 N–H and O–H groups in total. The zero-order valence-electron chi connectivity index (χ0n) is 19.9. The molecule has 7 nitrogen and oxygen atoms in total. The number of imide groups is 1. The fourth-order valence-corrected chi connectivity index (χ4v) is 4.37. The number of nitrogens with zero attached hydrogens (tertiary/aromatic N) is 1. The third kappa shape index (κ3) is 6.14. The van der Waals surface area contributed by atoms with Crippen LogP contribution in [0.5, 0.6) is 17.2 Å². The van der Waals surface area contributed by atoms with Gasteiger partial charge in [-0.1, -0.05) is 36.4 Å². The Kier molecular flexibility index (Phi) is 8.07. The number of hydrogen-bond acceptors (Lipinski definition) is 7. The van der Waals surface area contributed by atoms with E-state index in [9.17, 15) is 14.4 Å². The minimum absolute atomic E-state index is 0.147. The zero-order valence-corrected chi connectivity index (χ0v) is 20.7. The van der Waals surface area contributed by atoms with Gasteiger partial charge in [0.15, 0.2) is 11.5 Å². The molecule has 1 aliphatic rings. The molecular formula is C28H25NO6S. The molecule has 36 heavy (non-hydrogen) atoms. The van der Waals surface area contributed by atoms with Crippen molar-refractivity contribution in [3.63, 3.8) is 0 Å². The van der Waals surface area contributed by atoms with Crippen LogP contribution in [0, 0.1) is 6.92 Å². The molecule has 0 radical (unpaired) electrons. The summed E-state index contributed by atoms with van der Waals surface area (Å²) >= 11 is 0.873. The van der Waals surface area contributed by atoms with Gasteiger partial charge in [0.2, 0.25) is 0 Å². The SMILES string of the molecule is CCOc1cc(/C=C2\SC(=O)N(CCOc3cccc(C)c3)C2=O)ccc1OC(=O)c1ccccc1. The largest absolute Gasteiger partial charge is 0.492 e. The molecule has 8 heteroatoms. The molecule has 3 aromatic rings. The number of esters is 1. The first-order chi connectivity index (χ1) is 17.4. The van der Waals surface area contributed by atoms with Crippen LogP contribution in [0.3, 0.4) is 0 Å². The topological polar surface area (TPSA) is 82.1 Å². The van der Waals surface area contributed by atoms with Gasteiger partial charge in [0.25, 0.3) is 11.1 Å². The Hall–Kier alpha value is -4.04. The van der Waals surface area contributed by atoms with Gasteiger partial charge in [0.1, 0.15) is 12.4 Å². The number of amides is 2. The number of hydrogen-bond donors (Lipinski definition) is 0. The molecule has 1 aliphatic heterocycles. The zero-order chi connectivity index (χ0) is 25.5. The van der Waals surface area contributed by atoms with E-state index in [4.69, 9.17) is 14.2 Å². The molecule has 0 unspecified atom stereocenters. The molecule has 0 aliphatic carbocycles. The Bertz CT molecular complexity index is 1300. The van der Waals surface area contributed by atoms with E-state index in [1.54, 1.807) is 48.5 Å². The third-order valence-electron chi connectivity index (χ3n) is 5.22. The predicted molar refractivity (Wildman–Crippen MR) is 138 cm³/mol. The van der Waals surface area contributed by atoms with Crippen LogP contribution in [-0.4, -0.2) is 41.8 Å². The van der Waals surface area contributed by atoms with Crippen LogP contribution in [0.2, 0.25) is 0 Å². The number of carbonyl (C=O) groups is 3. The Morgan fingerprint density at radius 3 is 2.50 bits per heavy atom. The fourth-order valence-electron chi connectivity index (χ4n) is 3.50. The molecule has 0 aromatic heterocycles. The van der Waals surface area contributed by atoms with Gasteiger partial charge in [0.05, 0.1) is 23.6 Å². The van der Waals surface area contributed by atoms with Crippen molar-refractivity contribution < 1.29 is 28.6 Å². The molecule has 0 saturated carbocycles. The van der Waals surface area contributed by atoms with E-state index in [0.29, 0.717) is 34.1 Å². The highest BCUT2D eigenvalue weighted by molar-refractivity contribution is 8.18. The smallest absolute Gasteiger partial charge is 0.343 e. The van der Waals surface area contributed by atoms with Crippen LogP contribution < -0.4 is 14.2 Å². The molecular weight excluding hydrogens is 478 g/mol. The first-order valence-corrected chi connectivity index (χ1v) is 12.2. The van der Waals surface area contributed by atoms with Crippen LogP contribution >= 0.6 is 11.8 Å². The number of ether oxygens (including phenoxy) is 3. The van der Waals surface area contributed by atoms with E-state index in [-0.39, 0.29) is 30.0 Å². The van der Waals surface area contributed by atoms with Crippen molar-refractivity contribution in [1.29, 1.82) is 0 Å². The quantitative estimate of drug-likeness (QED) is 0.210. The summed E-state index contributed by atoms with van der Waals surface area (Å²) in [6.07, 6.45) is 1.62. The second-order valence-electron chi connectivity index (χ2n) is 7.89. The third-order valence-corrected chi connectivity index (χ3v) is 6.13. The van der Waals surface area contributed by atoms with Crippen molar-refractivity contribution >= 4 is 35.0 Å². The van der Waals surface area contributed by atoms with E-state index >= 15 is 0 Å². The Labute approximate surface area is 213 Å². The first-order valence-electron chi connectivity index (χ1n) is 11.4. The molecule has 1 heterocycles. The van der Waals surface area contributed by atoms with Gasteiger partial charge in [-0.25, -0.2) is 4.79 Å². The van der Waals surface area contributed by atoms with Gasteiger partial charge in [-0.15, -0.1) is 0 Å². The van der Waals surface area contributed by atoms with Crippen LogP contribution in [0.15, 0.2) is 77.7 Å². The van der Waals surface area contributed by atoms with Gasteiger partial charge in [-0.2, -0.15) is 0 Å². The van der Waals surface area contributed by atoms with Gasteiger partial charge in [0, 0.05) is 0 Å². The maximum atomic E-state index is 12.9. The van der Waals surface area contributed by atoms with Crippen molar-refractivity contribution in [2.75, 3.05) is 19.8 Å². The van der Waals surface area contributed by atoms with Crippen molar-refractivity contribution in [3.05, 3.63) is 94.4 Å². The highest BCUT2D eigenvalue weighted by Gasteiger charge is 2.34. The van der Waals surface area contributed by atoms with E-state index in [0.717, 1.165) is 17.3 Å². The van der Waals surface area contributed by atoms with Crippen molar-refractivity contribution in [3.8, 4) is 17.2 Å². The van der Waals surface area contributed by atoms with Gasteiger partial charge < -0.3 is 14.2 Å². The highest BCUT2D eigenvalue weighted by atomic mass is 32.2. The molecule has 0 spiro atoms. The Balaban J connectivity index is 1.44. The summed E-state index contributed by atoms with van der Waals surface area (Å²) in [5, 5.41) is -0.350. The maximum Gasteiger partial charge on any atom is 0.343 e. The van der Waals surface area contributed by atoms with Crippen LogP contribution in [-0.2, 0) is 4.79 Å². The molecule has 4 rings (SSSR count). The van der Waals surface area contributed by atoms with Gasteiger partial charge >= 0.3 is 5.97 Å². The Morgan fingerprint density at radius 2 is 1.75 bits per heavy atom. The van der Waals surface area contributed by atoms with Crippen LogP contribution in [0.4, 0.5) is 4.79 Å². The molecule has 3 aromatic carbocycles. The van der Waals surface area contributed by atoms with Crippen LogP contribution in [0.1, 0.15) is 28.4 Å². The summed E-state index contributed by atoms with van der Waals surface area (Å²) in [6.45, 7) is 4.49. The average Bonchev–Trinajstić information content (AvgIpc) is 3.13. The summed E-state index contributed by atoms with van der Waals surface area (Å²) in [7, 11) is 0. The molecule has 1 fully saturated rings. The van der Waals surface area contributed by atoms with E-state index in [1.807, 2.05) is 44.2 Å². The minimum Gasteiger partial charge on any atom is -0.492 e. The molecule has 0 bridgehead atoms. The lowest BCUT2D eigenvalue weighted by atomic mass is 10.1. The predicted octanol–water partition coefficient (Wildman–Crippen LogP) is 5.73. The van der Waals surface area contributed by atoms with Gasteiger partial charge in [-0.3, -0.25) is 14.5 Å². The standard InChI is InChI=1S/C28H25NO6S/c1-3-33-24-17-20(12-13-23(24)35-27(31)21-9-5-4-6-10-21)18-25-26(30)29(28(32)36-25)14-15-34-22-11-7-8-19(2)16-22/h4-13,16-18H,3,14-15H2,1-2H3/b25-18-. The monoisotopic (exact) mass is 503 g/mol. The number of carbonyl (C=O) groups excluding carboxylic acids is 3. The highest BCUT2D eigenvalue weighted by Crippen LogP contribution is 2.35. The summed E-state index contributed by atoms with van der Waals surface area (Å²) in [4.78, 5) is 39.2. The second-order valence-corrected chi connectivity index (χ2v) is 8.89. The van der Waals surface area contributed by atoms with Crippen molar-refractivity contribution in [2.24, 2.45) is 0 Å². The van der Waals surface area contributed by atoms with E-state index < -0.39 is 5.97 Å². The normalized spacial score (nSPS) is 14.3. The summed E-state index contributed by atoms with van der Waals surface area (Å²) in [5.74, 6) is 0.438. The maximum absolute atomic E-state index is 12.9. The lowest BCUT2D eigenvalue weighted by Crippen LogP contribution is -2.32. The molecule has 2 amide bonds. The summed E-state index contributed by atoms with van der Waals surface area (Å²) in [5.41, 5.74) is 2.12. The second kappa shape index (κ2) is 11.6. The lowest BCUT2D eigenvalue weighted by Gasteiger charge is -2.13. The van der Waals surface area contributed by atoms with Crippen LogP contribution in [0.25, 0.3) is 6.08 Å². The number of benzene rings is 3. The molecule has 184 valence electrons. The summed E-state index contributed by atoms with van der Waals surface area (Å²) < 4.78 is 16.9. The number of aryl methyl sites for hydroxylation is 1.